The van der Waals surface area contributed by atoms with Gasteiger partial charge in [0.2, 0.25) is 5.91 Å². The summed E-state index contributed by atoms with van der Waals surface area (Å²) < 4.78 is 0. The normalized spacial score (nSPS) is 26.8. The van der Waals surface area contributed by atoms with E-state index in [-0.39, 0.29) is 12.3 Å². The van der Waals surface area contributed by atoms with Gasteiger partial charge >= 0.3 is 5.97 Å². The minimum atomic E-state index is -0.936. The van der Waals surface area contributed by atoms with E-state index < -0.39 is 17.0 Å². The molecule has 2 N–H and O–H groups in total. The molecular formula is C17H28N2O4. The van der Waals surface area contributed by atoms with Gasteiger partial charge in [0.15, 0.2) is 0 Å². The summed E-state index contributed by atoms with van der Waals surface area (Å²) in [6, 6.07) is 0. The number of carbonyl (C=O) groups is 2. The maximum absolute atomic E-state index is 12.5. The van der Waals surface area contributed by atoms with E-state index in [0.717, 1.165) is 18.5 Å². The lowest BCUT2D eigenvalue weighted by atomic mass is 9.81. The standard InChI is InChI=1S/C17H28N2O4/c1-16(2,15(21)22)13-5-9-19(10-6-13)14(20)11-17(23)7-4-8-18(3)12-17/h5,23H,4,6-12H2,1-3H3,(H,21,22). The lowest BCUT2D eigenvalue weighted by Crippen LogP contribution is -2.50. The third-order valence-corrected chi connectivity index (χ3v) is 5.13. The Bertz CT molecular complexity index is 515. The minimum absolute atomic E-state index is 0.0498. The van der Waals surface area contributed by atoms with E-state index in [0.29, 0.717) is 32.5 Å². The largest absolute Gasteiger partial charge is 0.481 e. The van der Waals surface area contributed by atoms with Crippen LogP contribution < -0.4 is 0 Å². The van der Waals surface area contributed by atoms with Crippen molar-refractivity contribution in [2.45, 2.75) is 45.1 Å². The first-order chi connectivity index (χ1) is 10.6. The highest BCUT2D eigenvalue weighted by atomic mass is 16.4. The Morgan fingerprint density at radius 3 is 2.57 bits per heavy atom. The molecule has 1 saturated heterocycles. The van der Waals surface area contributed by atoms with E-state index >= 15 is 0 Å². The van der Waals surface area contributed by atoms with Gasteiger partial charge in [0.25, 0.3) is 0 Å². The van der Waals surface area contributed by atoms with Crippen LogP contribution in [0.15, 0.2) is 11.6 Å². The molecular weight excluding hydrogens is 296 g/mol. The van der Waals surface area contributed by atoms with Crippen LogP contribution >= 0.6 is 0 Å². The molecule has 6 heteroatoms. The van der Waals surface area contributed by atoms with Gasteiger partial charge in [0, 0.05) is 19.6 Å². The number of β-amino-alcohol motifs (C(OH)–C–C–N with tert-alkyl or cyclic N) is 1. The lowest BCUT2D eigenvalue weighted by molar-refractivity contribution is -0.145. The van der Waals surface area contributed by atoms with Crippen molar-refractivity contribution < 1.29 is 19.8 Å². The fourth-order valence-corrected chi connectivity index (χ4v) is 3.48. The predicted molar refractivity (Wildman–Crippen MR) is 87.0 cm³/mol. The second-order valence-corrected chi connectivity index (χ2v) is 7.49. The summed E-state index contributed by atoms with van der Waals surface area (Å²) in [6.45, 7) is 5.82. The van der Waals surface area contributed by atoms with E-state index in [4.69, 9.17) is 0 Å². The summed E-state index contributed by atoms with van der Waals surface area (Å²) in [5.41, 5.74) is -0.960. The second kappa shape index (κ2) is 6.61. The second-order valence-electron chi connectivity index (χ2n) is 7.49. The molecule has 1 amide bonds. The maximum atomic E-state index is 12.5. The first-order valence-electron chi connectivity index (χ1n) is 8.26. The van der Waals surface area contributed by atoms with Crippen molar-refractivity contribution in [2.24, 2.45) is 5.41 Å². The van der Waals surface area contributed by atoms with Crippen LogP contribution in [0.5, 0.6) is 0 Å². The number of hydrogen-bond acceptors (Lipinski definition) is 4. The molecule has 2 heterocycles. The Morgan fingerprint density at radius 2 is 2.04 bits per heavy atom. The topological polar surface area (TPSA) is 81.1 Å². The Morgan fingerprint density at radius 1 is 1.35 bits per heavy atom. The average molecular weight is 324 g/mol. The molecule has 23 heavy (non-hydrogen) atoms. The number of aliphatic hydroxyl groups is 1. The molecule has 1 atom stereocenters. The highest BCUT2D eigenvalue weighted by molar-refractivity contribution is 5.79. The first-order valence-corrected chi connectivity index (χ1v) is 8.26. The number of hydrogen-bond donors (Lipinski definition) is 2. The van der Waals surface area contributed by atoms with Crippen molar-refractivity contribution in [3.63, 3.8) is 0 Å². The van der Waals surface area contributed by atoms with Gasteiger partial charge in [0.1, 0.15) is 0 Å². The number of aliphatic carboxylic acids is 1. The molecule has 2 aliphatic heterocycles. The van der Waals surface area contributed by atoms with E-state index in [1.807, 2.05) is 13.1 Å². The molecule has 6 nitrogen and oxygen atoms in total. The van der Waals surface area contributed by atoms with Crippen LogP contribution in [0, 0.1) is 5.41 Å². The fourth-order valence-electron chi connectivity index (χ4n) is 3.48. The van der Waals surface area contributed by atoms with Gasteiger partial charge in [0.05, 0.1) is 17.4 Å². The molecule has 0 saturated carbocycles. The summed E-state index contributed by atoms with van der Waals surface area (Å²) in [5, 5.41) is 19.9. The number of carboxylic acid groups (broad SMARTS) is 1. The molecule has 0 aromatic heterocycles. The van der Waals surface area contributed by atoms with Gasteiger partial charge < -0.3 is 20.0 Å². The summed E-state index contributed by atoms with van der Waals surface area (Å²) >= 11 is 0. The van der Waals surface area contributed by atoms with Crippen molar-refractivity contribution in [3.8, 4) is 0 Å². The van der Waals surface area contributed by atoms with Crippen molar-refractivity contribution in [1.29, 1.82) is 0 Å². The summed E-state index contributed by atoms with van der Waals surface area (Å²) in [5.74, 6) is -0.894. The number of likely N-dealkylation sites (tertiary alicyclic amines) is 1. The highest BCUT2D eigenvalue weighted by Gasteiger charge is 2.37. The highest BCUT2D eigenvalue weighted by Crippen LogP contribution is 2.32. The van der Waals surface area contributed by atoms with Crippen LogP contribution in [0.3, 0.4) is 0 Å². The molecule has 1 fully saturated rings. The monoisotopic (exact) mass is 324 g/mol. The van der Waals surface area contributed by atoms with Crippen molar-refractivity contribution in [3.05, 3.63) is 11.6 Å². The number of carbonyl (C=O) groups excluding carboxylic acids is 1. The molecule has 2 aliphatic rings. The van der Waals surface area contributed by atoms with Crippen LogP contribution in [0.25, 0.3) is 0 Å². The minimum Gasteiger partial charge on any atom is -0.481 e. The number of nitrogens with zero attached hydrogens (tertiary/aromatic N) is 2. The van der Waals surface area contributed by atoms with Crippen molar-refractivity contribution >= 4 is 11.9 Å². The average Bonchev–Trinajstić information content (AvgIpc) is 2.46. The first kappa shape index (κ1) is 17.9. The van der Waals surface area contributed by atoms with Gasteiger partial charge in [-0.15, -0.1) is 0 Å². The van der Waals surface area contributed by atoms with E-state index in [2.05, 4.69) is 4.90 Å². The number of carboxylic acids is 1. The summed E-state index contributed by atoms with van der Waals surface area (Å²) in [6.07, 6.45) is 4.12. The zero-order chi connectivity index (χ0) is 17.3. The van der Waals surface area contributed by atoms with Crippen molar-refractivity contribution in [1.82, 2.24) is 9.80 Å². The number of likely N-dealkylation sites (N-methyl/N-ethyl adjacent to an activating group) is 1. The third kappa shape index (κ3) is 4.12. The molecule has 0 aromatic carbocycles. The SMILES string of the molecule is CN1CCCC(O)(CC(=O)N2CC=C(C(C)(C)C(=O)O)CC2)C1. The molecule has 0 spiro atoms. The summed E-state index contributed by atoms with van der Waals surface area (Å²) in [4.78, 5) is 27.6. The van der Waals surface area contributed by atoms with Gasteiger partial charge in [-0.25, -0.2) is 0 Å². The van der Waals surface area contributed by atoms with Crippen LogP contribution in [-0.4, -0.2) is 70.7 Å². The van der Waals surface area contributed by atoms with Gasteiger partial charge in [-0.3, -0.25) is 9.59 Å². The van der Waals surface area contributed by atoms with Gasteiger partial charge in [-0.1, -0.05) is 11.6 Å². The molecule has 0 aliphatic carbocycles. The van der Waals surface area contributed by atoms with Crippen LogP contribution in [0.4, 0.5) is 0 Å². The Labute approximate surface area is 137 Å². The number of piperidine rings is 1. The van der Waals surface area contributed by atoms with Gasteiger partial charge in [-0.2, -0.15) is 0 Å². The number of rotatable bonds is 4. The number of amides is 1. The Kier molecular flexibility index (Phi) is 5.16. The molecule has 0 radical (unpaired) electrons. The molecule has 2 rings (SSSR count). The van der Waals surface area contributed by atoms with Crippen LogP contribution in [0.2, 0.25) is 0 Å². The lowest BCUT2D eigenvalue weighted by Gasteiger charge is -2.39. The van der Waals surface area contributed by atoms with E-state index in [9.17, 15) is 19.8 Å². The zero-order valence-corrected chi connectivity index (χ0v) is 14.3. The quantitative estimate of drug-likeness (QED) is 0.757. The fraction of sp³-hybridized carbons (Fsp3) is 0.765. The molecule has 0 bridgehead atoms. The van der Waals surface area contributed by atoms with Crippen LogP contribution in [0.1, 0.15) is 39.5 Å². The van der Waals surface area contributed by atoms with E-state index in [1.54, 1.807) is 18.7 Å². The third-order valence-electron chi connectivity index (χ3n) is 5.13. The van der Waals surface area contributed by atoms with Crippen LogP contribution in [-0.2, 0) is 9.59 Å². The summed E-state index contributed by atoms with van der Waals surface area (Å²) in [7, 11) is 1.96. The predicted octanol–water partition coefficient (Wildman–Crippen LogP) is 1.10. The molecule has 1 unspecified atom stereocenters. The van der Waals surface area contributed by atoms with Gasteiger partial charge in [-0.05, 0) is 46.7 Å². The maximum Gasteiger partial charge on any atom is 0.313 e. The molecule has 130 valence electrons. The smallest absolute Gasteiger partial charge is 0.313 e. The molecule has 0 aromatic rings. The Hall–Kier alpha value is -1.40. The Balaban J connectivity index is 1.96. The van der Waals surface area contributed by atoms with Crippen molar-refractivity contribution in [2.75, 3.05) is 33.2 Å². The van der Waals surface area contributed by atoms with E-state index in [1.165, 1.54) is 0 Å². The zero-order valence-electron chi connectivity index (χ0n) is 14.3.